The molecule has 0 radical (unpaired) electrons. The molecule has 3 aliphatic rings. The molecule has 226 valence electrons. The summed E-state index contributed by atoms with van der Waals surface area (Å²) in [7, 11) is 0. The second-order valence-corrected chi connectivity index (χ2v) is 13.7. The van der Waals surface area contributed by atoms with Crippen molar-refractivity contribution in [2.75, 3.05) is 13.1 Å². The SMILES string of the molecule is C[C@H]1N[C@H](CC[C@@H]2CCCCCC[C@@](O)(CC(=O)O)CN[C@@]3(C)CCN[C@@H](Cc4cccc(c4)C2)C3)CC[C@H]1O. The topological polar surface area (TPSA) is 114 Å². The summed E-state index contributed by atoms with van der Waals surface area (Å²) in [6, 6.07) is 10.2. The van der Waals surface area contributed by atoms with Crippen molar-refractivity contribution in [1.29, 1.82) is 0 Å². The van der Waals surface area contributed by atoms with Gasteiger partial charge in [-0.05, 0) is 95.2 Å². The summed E-state index contributed by atoms with van der Waals surface area (Å²) in [6.07, 6.45) is 13.7. The molecule has 2 saturated heterocycles. The molecular formula is C33H55N3O4. The van der Waals surface area contributed by atoms with Crippen LogP contribution in [0.5, 0.6) is 0 Å². The Kier molecular flexibility index (Phi) is 11.5. The fraction of sp³-hybridized carbons (Fsp3) is 0.788. The van der Waals surface area contributed by atoms with E-state index in [-0.39, 0.29) is 24.1 Å². The second-order valence-electron chi connectivity index (χ2n) is 13.7. The molecule has 4 rings (SSSR count). The number of aliphatic hydroxyl groups excluding tert-OH is 1. The third kappa shape index (κ3) is 9.80. The van der Waals surface area contributed by atoms with E-state index in [0.29, 0.717) is 31.0 Å². The summed E-state index contributed by atoms with van der Waals surface area (Å²) in [5.41, 5.74) is 1.48. The Morgan fingerprint density at radius 2 is 1.80 bits per heavy atom. The number of carboxylic acids is 1. The summed E-state index contributed by atoms with van der Waals surface area (Å²) in [5.74, 6) is -0.304. The number of fused-ring (bicyclic) bond motifs is 4. The van der Waals surface area contributed by atoms with Crippen LogP contribution in [-0.2, 0) is 17.6 Å². The monoisotopic (exact) mass is 557 g/mol. The molecule has 1 aromatic rings. The summed E-state index contributed by atoms with van der Waals surface area (Å²) in [5, 5.41) is 41.9. The summed E-state index contributed by atoms with van der Waals surface area (Å²) in [6.45, 7) is 5.56. The number of hydrogen-bond acceptors (Lipinski definition) is 6. The minimum atomic E-state index is -1.21. The minimum absolute atomic E-state index is 0.128. The fourth-order valence-corrected chi connectivity index (χ4v) is 7.42. The molecule has 40 heavy (non-hydrogen) atoms. The molecule has 7 nitrogen and oxygen atoms in total. The van der Waals surface area contributed by atoms with E-state index in [0.717, 1.165) is 77.2 Å². The third-order valence-electron chi connectivity index (χ3n) is 9.94. The normalized spacial score (nSPS) is 36.8. The van der Waals surface area contributed by atoms with E-state index in [2.05, 4.69) is 54.1 Å². The number of aliphatic hydroxyl groups is 2. The number of piperidine rings is 2. The number of nitrogens with one attached hydrogen (secondary N) is 3. The molecule has 7 atom stereocenters. The molecule has 1 aromatic carbocycles. The van der Waals surface area contributed by atoms with E-state index >= 15 is 0 Å². The maximum absolute atomic E-state index is 11.6. The maximum atomic E-state index is 11.6. The zero-order valence-electron chi connectivity index (χ0n) is 25.0. The van der Waals surface area contributed by atoms with Crippen molar-refractivity contribution in [3.63, 3.8) is 0 Å². The van der Waals surface area contributed by atoms with Gasteiger partial charge < -0.3 is 31.3 Å². The smallest absolute Gasteiger partial charge is 0.306 e. The van der Waals surface area contributed by atoms with Crippen LogP contribution in [0.4, 0.5) is 0 Å². The average molecular weight is 558 g/mol. The van der Waals surface area contributed by atoms with Gasteiger partial charge in [-0.2, -0.15) is 0 Å². The van der Waals surface area contributed by atoms with Gasteiger partial charge in [-0.15, -0.1) is 0 Å². The molecule has 2 fully saturated rings. The lowest BCUT2D eigenvalue weighted by molar-refractivity contribution is -0.143. The Hall–Kier alpha value is -1.51. The number of carboxylic acid groups (broad SMARTS) is 1. The van der Waals surface area contributed by atoms with Gasteiger partial charge in [0.15, 0.2) is 0 Å². The lowest BCUT2D eigenvalue weighted by Crippen LogP contribution is -2.58. The summed E-state index contributed by atoms with van der Waals surface area (Å²) >= 11 is 0. The fourth-order valence-electron chi connectivity index (χ4n) is 7.42. The third-order valence-corrected chi connectivity index (χ3v) is 9.94. The van der Waals surface area contributed by atoms with Gasteiger partial charge in [0.05, 0.1) is 18.1 Å². The Labute approximate surface area is 241 Å². The first-order chi connectivity index (χ1) is 19.1. The highest BCUT2D eigenvalue weighted by Gasteiger charge is 2.36. The lowest BCUT2D eigenvalue weighted by atomic mass is 9.82. The van der Waals surface area contributed by atoms with Crippen molar-refractivity contribution < 1.29 is 20.1 Å². The predicted molar refractivity (Wildman–Crippen MR) is 161 cm³/mol. The largest absolute Gasteiger partial charge is 0.481 e. The quantitative estimate of drug-likeness (QED) is 0.319. The number of aliphatic carboxylic acids is 1. The standard InChI is InChI=1S/C33H55N3O4/c1-24-30(37)14-13-28(36-24)12-11-25-8-5-3-4-6-15-33(40,22-31(38)39)23-35-32(2)16-17-34-29(21-32)20-27-10-7-9-26(18-25)19-27/h7,9-10,19,24-25,28-30,34-37,40H,3-6,8,11-18,20-23H2,1-2H3,(H,38,39)/t24-,25+,28-,29+,30-,32+,33-/m1/s1. The first-order valence-electron chi connectivity index (χ1n) is 16.1. The van der Waals surface area contributed by atoms with Crippen LogP contribution in [0.25, 0.3) is 0 Å². The Morgan fingerprint density at radius 3 is 2.58 bits per heavy atom. The van der Waals surface area contributed by atoms with E-state index in [1.54, 1.807) is 0 Å². The van der Waals surface area contributed by atoms with Gasteiger partial charge in [0, 0.05) is 30.2 Å². The molecule has 4 bridgehead atoms. The van der Waals surface area contributed by atoms with E-state index < -0.39 is 11.6 Å². The van der Waals surface area contributed by atoms with Gasteiger partial charge in [0.2, 0.25) is 0 Å². The van der Waals surface area contributed by atoms with Gasteiger partial charge >= 0.3 is 5.97 Å². The highest BCUT2D eigenvalue weighted by molar-refractivity contribution is 5.68. The zero-order chi connectivity index (χ0) is 28.6. The molecule has 6 N–H and O–H groups in total. The van der Waals surface area contributed by atoms with Crippen LogP contribution in [-0.4, -0.2) is 69.7 Å². The van der Waals surface area contributed by atoms with Gasteiger partial charge in [-0.3, -0.25) is 4.79 Å². The number of hydrogen-bond donors (Lipinski definition) is 6. The second kappa shape index (κ2) is 14.6. The summed E-state index contributed by atoms with van der Waals surface area (Å²) in [4.78, 5) is 11.6. The molecule has 0 amide bonds. The van der Waals surface area contributed by atoms with Crippen molar-refractivity contribution >= 4 is 5.97 Å². The Balaban J connectivity index is 1.45. The van der Waals surface area contributed by atoms with E-state index in [9.17, 15) is 20.1 Å². The van der Waals surface area contributed by atoms with Crippen LogP contribution in [0.3, 0.4) is 0 Å². The van der Waals surface area contributed by atoms with Gasteiger partial charge in [-0.1, -0.05) is 56.4 Å². The van der Waals surface area contributed by atoms with Crippen molar-refractivity contribution in [2.45, 2.75) is 146 Å². The average Bonchev–Trinajstić information content (AvgIpc) is 2.89. The number of benzene rings is 1. The van der Waals surface area contributed by atoms with Gasteiger partial charge in [0.25, 0.3) is 0 Å². The maximum Gasteiger partial charge on any atom is 0.306 e. The van der Waals surface area contributed by atoms with Crippen LogP contribution < -0.4 is 16.0 Å². The van der Waals surface area contributed by atoms with E-state index in [1.165, 1.54) is 24.0 Å². The molecule has 3 heterocycles. The minimum Gasteiger partial charge on any atom is -0.481 e. The van der Waals surface area contributed by atoms with E-state index in [1.807, 2.05) is 0 Å². The van der Waals surface area contributed by atoms with Crippen LogP contribution in [0.2, 0.25) is 0 Å². The van der Waals surface area contributed by atoms with Gasteiger partial charge in [0.1, 0.15) is 0 Å². The zero-order valence-corrected chi connectivity index (χ0v) is 25.0. The Bertz CT molecular complexity index is 944. The molecular weight excluding hydrogens is 502 g/mol. The predicted octanol–water partition coefficient (Wildman–Crippen LogP) is 4.33. The molecule has 3 aliphatic heterocycles. The molecule has 0 unspecified atom stereocenters. The van der Waals surface area contributed by atoms with Crippen molar-refractivity contribution in [3.8, 4) is 0 Å². The van der Waals surface area contributed by atoms with Crippen LogP contribution >= 0.6 is 0 Å². The number of rotatable bonds is 5. The van der Waals surface area contributed by atoms with Crippen molar-refractivity contribution in [1.82, 2.24) is 16.0 Å². The Morgan fingerprint density at radius 1 is 1.02 bits per heavy atom. The first-order valence-corrected chi connectivity index (χ1v) is 16.1. The van der Waals surface area contributed by atoms with Gasteiger partial charge in [-0.25, -0.2) is 0 Å². The van der Waals surface area contributed by atoms with Crippen LogP contribution in [0.1, 0.15) is 108 Å². The molecule has 0 saturated carbocycles. The summed E-state index contributed by atoms with van der Waals surface area (Å²) < 4.78 is 0. The molecule has 0 aromatic heterocycles. The van der Waals surface area contributed by atoms with Crippen molar-refractivity contribution in [2.24, 2.45) is 5.92 Å². The highest BCUT2D eigenvalue weighted by atomic mass is 16.4. The molecule has 0 spiro atoms. The number of β-amino-alcohol motifs (C(OH)–C–C–N with tert-alkyl or cyclic N) is 1. The lowest BCUT2D eigenvalue weighted by Gasteiger charge is -2.42. The highest BCUT2D eigenvalue weighted by Crippen LogP contribution is 2.29. The van der Waals surface area contributed by atoms with E-state index in [4.69, 9.17) is 0 Å². The number of carbonyl (C=O) groups is 1. The van der Waals surface area contributed by atoms with Crippen LogP contribution in [0.15, 0.2) is 24.3 Å². The first kappa shape index (κ1) is 31.4. The molecule has 7 heteroatoms. The van der Waals surface area contributed by atoms with Crippen LogP contribution in [0, 0.1) is 5.92 Å². The molecule has 0 aliphatic carbocycles. The van der Waals surface area contributed by atoms with Crippen molar-refractivity contribution in [3.05, 3.63) is 35.4 Å².